The minimum atomic E-state index is 0.274. The highest BCUT2D eigenvalue weighted by molar-refractivity contribution is 5.78. The van der Waals surface area contributed by atoms with Crippen molar-refractivity contribution in [3.63, 3.8) is 0 Å². The van der Waals surface area contributed by atoms with Crippen LogP contribution in [-0.4, -0.2) is 83.7 Å². The van der Waals surface area contributed by atoms with Crippen molar-refractivity contribution in [2.45, 2.75) is 56.7 Å². The summed E-state index contributed by atoms with van der Waals surface area (Å²) in [5.41, 5.74) is 0. The molecule has 1 saturated carbocycles. The number of carbonyl (C=O) groups is 1. The SMILES string of the molecule is CN(C(=O)CN1CCCC1CN1CCCC1CO)C1CC1. The van der Waals surface area contributed by atoms with Crippen molar-refractivity contribution in [2.75, 3.05) is 39.8 Å². The first-order valence-corrected chi connectivity index (χ1v) is 8.53. The molecule has 2 atom stereocenters. The average Bonchev–Trinajstić information content (AvgIpc) is 3.10. The van der Waals surface area contributed by atoms with Gasteiger partial charge in [-0.1, -0.05) is 0 Å². The minimum Gasteiger partial charge on any atom is -0.395 e. The Hall–Kier alpha value is -0.650. The fourth-order valence-electron chi connectivity index (χ4n) is 3.87. The number of carbonyl (C=O) groups excluding carboxylic acids is 1. The molecule has 1 N–H and O–H groups in total. The number of rotatable bonds is 6. The summed E-state index contributed by atoms with van der Waals surface area (Å²) in [7, 11) is 1.95. The Kier molecular flexibility index (Phi) is 4.82. The summed E-state index contributed by atoms with van der Waals surface area (Å²) in [6.07, 6.45) is 7.06. The van der Waals surface area contributed by atoms with Crippen LogP contribution in [0.1, 0.15) is 38.5 Å². The Morgan fingerprint density at radius 2 is 1.76 bits per heavy atom. The Labute approximate surface area is 127 Å². The smallest absolute Gasteiger partial charge is 0.236 e. The molecule has 2 unspecified atom stereocenters. The van der Waals surface area contributed by atoms with E-state index in [4.69, 9.17) is 0 Å². The van der Waals surface area contributed by atoms with Gasteiger partial charge in [-0.2, -0.15) is 0 Å². The number of nitrogens with zero attached hydrogens (tertiary/aromatic N) is 3. The Bertz CT molecular complexity index is 373. The highest BCUT2D eigenvalue weighted by Gasteiger charge is 2.34. The van der Waals surface area contributed by atoms with E-state index >= 15 is 0 Å². The highest BCUT2D eigenvalue weighted by Crippen LogP contribution is 2.27. The average molecular weight is 295 g/mol. The second-order valence-corrected chi connectivity index (χ2v) is 6.98. The predicted molar refractivity (Wildman–Crippen MR) is 82.1 cm³/mol. The molecule has 0 radical (unpaired) electrons. The van der Waals surface area contributed by atoms with E-state index in [0.717, 1.165) is 26.1 Å². The van der Waals surface area contributed by atoms with Crippen LogP contribution >= 0.6 is 0 Å². The van der Waals surface area contributed by atoms with E-state index in [1.807, 2.05) is 11.9 Å². The molecule has 5 heteroatoms. The number of amides is 1. The molecule has 1 amide bonds. The van der Waals surface area contributed by atoms with Crippen LogP contribution in [0.2, 0.25) is 0 Å². The molecule has 0 aromatic carbocycles. The molecule has 2 heterocycles. The third kappa shape index (κ3) is 3.58. The van der Waals surface area contributed by atoms with Crippen LogP contribution in [0.15, 0.2) is 0 Å². The van der Waals surface area contributed by atoms with Gasteiger partial charge in [0.05, 0.1) is 13.2 Å². The van der Waals surface area contributed by atoms with Crippen LogP contribution in [0, 0.1) is 0 Å². The van der Waals surface area contributed by atoms with Crippen molar-refractivity contribution in [1.29, 1.82) is 0 Å². The molecule has 3 rings (SSSR count). The first-order valence-electron chi connectivity index (χ1n) is 8.53. The molecule has 2 saturated heterocycles. The minimum absolute atomic E-state index is 0.274. The number of aliphatic hydroxyl groups is 1. The maximum atomic E-state index is 12.3. The first kappa shape index (κ1) is 15.3. The molecular formula is C16H29N3O2. The van der Waals surface area contributed by atoms with Crippen LogP contribution in [0.5, 0.6) is 0 Å². The monoisotopic (exact) mass is 295 g/mol. The summed E-state index contributed by atoms with van der Waals surface area (Å²) in [6, 6.07) is 1.35. The summed E-state index contributed by atoms with van der Waals surface area (Å²) in [5, 5.41) is 9.45. The lowest BCUT2D eigenvalue weighted by Crippen LogP contribution is -2.47. The number of likely N-dealkylation sites (N-methyl/N-ethyl adjacent to an activating group) is 1. The summed E-state index contributed by atoms with van der Waals surface area (Å²) >= 11 is 0. The van der Waals surface area contributed by atoms with E-state index in [-0.39, 0.29) is 12.5 Å². The van der Waals surface area contributed by atoms with Crippen LogP contribution in [0.4, 0.5) is 0 Å². The molecule has 0 spiro atoms. The van der Waals surface area contributed by atoms with Crippen molar-refractivity contribution in [3.8, 4) is 0 Å². The van der Waals surface area contributed by atoms with Gasteiger partial charge in [-0.15, -0.1) is 0 Å². The van der Waals surface area contributed by atoms with E-state index in [2.05, 4.69) is 9.80 Å². The summed E-state index contributed by atoms with van der Waals surface area (Å²) in [4.78, 5) is 19.1. The molecule has 21 heavy (non-hydrogen) atoms. The van der Waals surface area contributed by atoms with Crippen LogP contribution in [0.25, 0.3) is 0 Å². The zero-order valence-electron chi connectivity index (χ0n) is 13.2. The lowest BCUT2D eigenvalue weighted by Gasteiger charge is -2.31. The molecule has 120 valence electrons. The van der Waals surface area contributed by atoms with Crippen molar-refractivity contribution in [1.82, 2.24) is 14.7 Å². The lowest BCUT2D eigenvalue weighted by molar-refractivity contribution is -0.131. The first-order chi connectivity index (χ1) is 10.2. The molecule has 5 nitrogen and oxygen atoms in total. The van der Waals surface area contributed by atoms with Gasteiger partial charge in [0.2, 0.25) is 5.91 Å². The molecule has 0 aromatic rings. The van der Waals surface area contributed by atoms with Gasteiger partial charge in [0.25, 0.3) is 0 Å². The zero-order valence-corrected chi connectivity index (χ0v) is 13.2. The number of hydrogen-bond acceptors (Lipinski definition) is 4. The predicted octanol–water partition coefficient (Wildman–Crippen LogP) is 0.528. The highest BCUT2D eigenvalue weighted by atomic mass is 16.3. The maximum Gasteiger partial charge on any atom is 0.236 e. The van der Waals surface area contributed by atoms with Gasteiger partial charge in [0.1, 0.15) is 0 Å². The van der Waals surface area contributed by atoms with E-state index in [1.165, 1.54) is 32.1 Å². The van der Waals surface area contributed by atoms with Gasteiger partial charge >= 0.3 is 0 Å². The Morgan fingerprint density at radius 3 is 2.43 bits per heavy atom. The maximum absolute atomic E-state index is 12.3. The third-order valence-corrected chi connectivity index (χ3v) is 5.48. The van der Waals surface area contributed by atoms with Gasteiger partial charge in [0.15, 0.2) is 0 Å². The normalized spacial score (nSPS) is 31.0. The van der Waals surface area contributed by atoms with Gasteiger partial charge in [-0.25, -0.2) is 0 Å². The fraction of sp³-hybridized carbons (Fsp3) is 0.938. The second kappa shape index (κ2) is 6.63. The molecule has 0 bridgehead atoms. The van der Waals surface area contributed by atoms with Crippen LogP contribution in [-0.2, 0) is 4.79 Å². The van der Waals surface area contributed by atoms with Crippen molar-refractivity contribution >= 4 is 5.91 Å². The van der Waals surface area contributed by atoms with Crippen LogP contribution < -0.4 is 0 Å². The molecule has 3 aliphatic rings. The molecular weight excluding hydrogens is 266 g/mol. The van der Waals surface area contributed by atoms with E-state index in [9.17, 15) is 9.90 Å². The van der Waals surface area contributed by atoms with Gasteiger partial charge in [-0.05, 0) is 51.6 Å². The quantitative estimate of drug-likeness (QED) is 0.776. The Morgan fingerprint density at radius 1 is 1.10 bits per heavy atom. The fourth-order valence-corrected chi connectivity index (χ4v) is 3.87. The van der Waals surface area contributed by atoms with Crippen LogP contribution in [0.3, 0.4) is 0 Å². The summed E-state index contributed by atoms with van der Waals surface area (Å²) in [5.74, 6) is 0.282. The molecule has 0 aromatic heterocycles. The van der Waals surface area contributed by atoms with E-state index < -0.39 is 0 Å². The van der Waals surface area contributed by atoms with E-state index in [1.54, 1.807) is 0 Å². The lowest BCUT2D eigenvalue weighted by atomic mass is 10.2. The topological polar surface area (TPSA) is 47.0 Å². The van der Waals surface area contributed by atoms with Crippen molar-refractivity contribution < 1.29 is 9.90 Å². The number of aliphatic hydroxyl groups excluding tert-OH is 1. The van der Waals surface area contributed by atoms with Crippen molar-refractivity contribution in [2.24, 2.45) is 0 Å². The number of likely N-dealkylation sites (tertiary alicyclic amines) is 2. The summed E-state index contributed by atoms with van der Waals surface area (Å²) < 4.78 is 0. The zero-order chi connectivity index (χ0) is 14.8. The molecule has 3 fully saturated rings. The summed E-state index contributed by atoms with van der Waals surface area (Å²) in [6.45, 7) is 4.02. The largest absolute Gasteiger partial charge is 0.395 e. The third-order valence-electron chi connectivity index (χ3n) is 5.48. The number of hydrogen-bond donors (Lipinski definition) is 1. The Balaban J connectivity index is 1.51. The molecule has 2 aliphatic heterocycles. The van der Waals surface area contributed by atoms with Gasteiger partial charge in [0, 0.05) is 31.7 Å². The van der Waals surface area contributed by atoms with E-state index in [0.29, 0.717) is 24.7 Å². The molecule has 1 aliphatic carbocycles. The van der Waals surface area contributed by atoms with Gasteiger partial charge in [-0.3, -0.25) is 14.6 Å². The van der Waals surface area contributed by atoms with Gasteiger partial charge < -0.3 is 10.0 Å². The van der Waals surface area contributed by atoms with Crippen molar-refractivity contribution in [3.05, 3.63) is 0 Å². The second-order valence-electron chi connectivity index (χ2n) is 6.98. The standard InChI is InChI=1S/C16H29N3O2/c1-17(13-6-7-13)16(21)11-19-9-2-4-14(19)10-18-8-3-5-15(18)12-20/h13-15,20H,2-12H2,1H3.